The van der Waals surface area contributed by atoms with E-state index in [2.05, 4.69) is 50.1 Å². The van der Waals surface area contributed by atoms with Crippen LogP contribution in [-0.2, 0) is 22.4 Å². The minimum absolute atomic E-state index is 0.0328. The molecule has 0 spiro atoms. The van der Waals surface area contributed by atoms with Gasteiger partial charge in [-0.1, -0.05) is 36.4 Å². The first-order chi connectivity index (χ1) is 17.3. The van der Waals surface area contributed by atoms with Crippen LogP contribution in [0.15, 0.2) is 60.9 Å². The number of hydrogen-bond acceptors (Lipinski definition) is 5. The van der Waals surface area contributed by atoms with E-state index in [4.69, 9.17) is 19.8 Å². The van der Waals surface area contributed by atoms with Crippen molar-refractivity contribution in [3.63, 3.8) is 0 Å². The normalized spacial score (nSPS) is 10.6. The molecule has 36 heavy (non-hydrogen) atoms. The molecule has 0 saturated heterocycles. The lowest BCUT2D eigenvalue weighted by Gasteiger charge is -2.08. The molecule has 2 heterocycles. The van der Waals surface area contributed by atoms with Crippen LogP contribution in [0.2, 0.25) is 0 Å². The maximum Gasteiger partial charge on any atom is 0.337 e. The third-order valence-corrected chi connectivity index (χ3v) is 5.66. The number of carbonyl (C=O) groups is 3. The average Bonchev–Trinajstić information content (AvgIpc) is 3.41. The lowest BCUT2D eigenvalue weighted by molar-refractivity contribution is -0.123. The minimum Gasteiger partial charge on any atom is -0.483 e. The first-order valence-electron chi connectivity index (χ1n) is 11.5. The average molecular weight is 495 g/mol. The Kier molecular flexibility index (Phi) is 10.9. The van der Waals surface area contributed by atoms with Crippen molar-refractivity contribution in [3.8, 4) is 0 Å². The summed E-state index contributed by atoms with van der Waals surface area (Å²) in [6, 6.07) is 16.3. The molecule has 4 rings (SSSR count). The van der Waals surface area contributed by atoms with Crippen LogP contribution >= 0.6 is 0 Å². The van der Waals surface area contributed by atoms with Crippen LogP contribution < -0.4 is 0 Å². The molecular weight excluding hydrogens is 460 g/mol. The maximum absolute atomic E-state index is 13.7. The zero-order valence-corrected chi connectivity index (χ0v) is 21.2. The highest BCUT2D eigenvalue weighted by Crippen LogP contribution is 2.26. The Labute approximate surface area is 210 Å². The van der Waals surface area contributed by atoms with Gasteiger partial charge in [0.15, 0.2) is 0 Å². The van der Waals surface area contributed by atoms with E-state index in [-0.39, 0.29) is 19.0 Å². The Morgan fingerprint density at radius 2 is 1.06 bits per heavy atom. The number of carbonyl (C=O) groups excluding carboxylic acids is 1. The zero-order chi connectivity index (χ0) is 26.7. The Morgan fingerprint density at radius 3 is 1.39 bits per heavy atom. The van der Waals surface area contributed by atoms with E-state index in [1.54, 1.807) is 0 Å². The predicted molar refractivity (Wildman–Crippen MR) is 142 cm³/mol. The van der Waals surface area contributed by atoms with Crippen LogP contribution in [0.4, 0.5) is 4.79 Å². The third kappa shape index (κ3) is 7.03. The Hall–Kier alpha value is -3.95. The van der Waals surface area contributed by atoms with Crippen molar-refractivity contribution in [3.05, 3.63) is 72.1 Å². The summed E-state index contributed by atoms with van der Waals surface area (Å²) in [4.78, 5) is 34.7. The molecule has 0 saturated carbocycles. The van der Waals surface area contributed by atoms with Gasteiger partial charge in [0.05, 0.1) is 11.0 Å². The molecule has 192 valence electrons. The van der Waals surface area contributed by atoms with Crippen molar-refractivity contribution in [1.29, 1.82) is 0 Å². The largest absolute Gasteiger partial charge is 0.483 e. The van der Waals surface area contributed by atoms with Gasteiger partial charge in [-0.05, 0) is 64.3 Å². The molecular formula is C27H34N4O5. The van der Waals surface area contributed by atoms with Crippen LogP contribution in [0, 0.1) is 0 Å². The Balaban J connectivity index is 0.000000693. The lowest BCUT2D eigenvalue weighted by atomic mass is 10.1. The fourth-order valence-electron chi connectivity index (χ4n) is 4.02. The van der Waals surface area contributed by atoms with Crippen LogP contribution in [-0.4, -0.2) is 89.4 Å². The summed E-state index contributed by atoms with van der Waals surface area (Å²) in [5.74, 6) is 0. The van der Waals surface area contributed by atoms with Gasteiger partial charge < -0.3 is 20.0 Å². The predicted octanol–water partition coefficient (Wildman–Crippen LogP) is 3.72. The number of rotatable bonds is 6. The third-order valence-electron chi connectivity index (χ3n) is 5.66. The first kappa shape index (κ1) is 28.3. The summed E-state index contributed by atoms with van der Waals surface area (Å²) >= 11 is 0. The molecule has 2 aromatic heterocycles. The van der Waals surface area contributed by atoms with Crippen LogP contribution in [0.1, 0.15) is 11.1 Å². The molecule has 0 aliphatic carbocycles. The van der Waals surface area contributed by atoms with Crippen molar-refractivity contribution in [2.75, 3.05) is 41.3 Å². The van der Waals surface area contributed by atoms with Crippen molar-refractivity contribution in [2.45, 2.75) is 12.8 Å². The molecule has 0 fully saturated rings. The molecule has 0 amide bonds. The molecule has 9 heteroatoms. The van der Waals surface area contributed by atoms with Gasteiger partial charge in [0.25, 0.3) is 12.9 Å². The highest BCUT2D eigenvalue weighted by atomic mass is 16.3. The van der Waals surface area contributed by atoms with Gasteiger partial charge in [-0.3, -0.25) is 18.7 Å². The van der Waals surface area contributed by atoms with Crippen molar-refractivity contribution < 1.29 is 24.6 Å². The fourth-order valence-corrected chi connectivity index (χ4v) is 4.02. The van der Waals surface area contributed by atoms with E-state index in [0.29, 0.717) is 0 Å². The molecule has 2 N–H and O–H groups in total. The summed E-state index contributed by atoms with van der Waals surface area (Å²) in [6.45, 7) is 1.40. The van der Waals surface area contributed by atoms with Crippen molar-refractivity contribution in [1.82, 2.24) is 18.9 Å². The first-order valence-corrected chi connectivity index (χ1v) is 11.5. The molecule has 0 radical (unpaired) electrons. The molecule has 0 unspecified atom stereocenters. The molecule has 4 aromatic rings. The molecule has 2 aromatic carbocycles. The summed E-state index contributed by atoms with van der Waals surface area (Å²) < 4.78 is 3.62. The standard InChI is InChI=1S/C25H30N4O.2CH2O2/c1-26(2)15-13-19-17-28(23-11-7-5-9-21(19)23)25(30)29-18-20(14-16-27(3)4)22-10-6-8-12-24(22)29;2*2-1-3/h5-12,17-18H,13-16H2,1-4H3;2*1H,(H,2,3). The quantitative estimate of drug-likeness (QED) is 0.393. The highest BCUT2D eigenvalue weighted by molar-refractivity contribution is 5.99. The number of carboxylic acid groups (broad SMARTS) is 2. The number of likely N-dealkylation sites (N-methyl/N-ethyl adjacent to an activating group) is 2. The lowest BCUT2D eigenvalue weighted by Crippen LogP contribution is -2.18. The van der Waals surface area contributed by atoms with E-state index < -0.39 is 0 Å². The number of nitrogens with zero attached hydrogens (tertiary/aromatic N) is 4. The summed E-state index contributed by atoms with van der Waals surface area (Å²) in [7, 11) is 8.30. The van der Waals surface area contributed by atoms with Gasteiger partial charge in [-0.25, -0.2) is 4.79 Å². The number of hydrogen-bond donors (Lipinski definition) is 2. The smallest absolute Gasteiger partial charge is 0.337 e. The van der Waals surface area contributed by atoms with Crippen LogP contribution in [0.25, 0.3) is 21.8 Å². The zero-order valence-electron chi connectivity index (χ0n) is 21.2. The number of aromatic nitrogens is 2. The monoisotopic (exact) mass is 494 g/mol. The van der Waals surface area contributed by atoms with E-state index in [0.717, 1.165) is 47.7 Å². The Bertz CT molecular complexity index is 1190. The van der Waals surface area contributed by atoms with Crippen molar-refractivity contribution in [2.24, 2.45) is 0 Å². The summed E-state index contributed by atoms with van der Waals surface area (Å²) in [5, 5.41) is 16.1. The van der Waals surface area contributed by atoms with E-state index >= 15 is 0 Å². The second-order valence-electron chi connectivity index (χ2n) is 8.68. The van der Waals surface area contributed by atoms with Gasteiger partial charge in [0.1, 0.15) is 0 Å². The topological polar surface area (TPSA) is 108 Å². The van der Waals surface area contributed by atoms with Gasteiger partial charge in [0, 0.05) is 36.3 Å². The fraction of sp³-hybridized carbons (Fsp3) is 0.296. The van der Waals surface area contributed by atoms with Crippen LogP contribution in [0.3, 0.4) is 0 Å². The molecule has 0 bridgehead atoms. The SMILES string of the molecule is CN(C)CCc1cn(C(=O)n2cc(CCN(C)C)c3ccccc32)c2ccccc12.O=CO.O=CO. The Morgan fingerprint density at radius 1 is 0.722 bits per heavy atom. The minimum atomic E-state index is -0.250. The number of benzene rings is 2. The molecule has 0 atom stereocenters. The molecule has 9 nitrogen and oxygen atoms in total. The second kappa shape index (κ2) is 13.8. The molecule has 0 aliphatic rings. The number of fused-ring (bicyclic) bond motifs is 2. The maximum atomic E-state index is 13.7. The molecule has 0 aliphatic heterocycles. The van der Waals surface area contributed by atoms with Crippen molar-refractivity contribution >= 4 is 40.8 Å². The summed E-state index contributed by atoms with van der Waals surface area (Å²) in [6.07, 6.45) is 5.86. The van der Waals surface area contributed by atoms with E-state index in [1.165, 1.54) is 11.1 Å². The van der Waals surface area contributed by atoms with E-state index in [9.17, 15) is 4.79 Å². The van der Waals surface area contributed by atoms with Gasteiger partial charge in [-0.15, -0.1) is 0 Å². The summed E-state index contributed by atoms with van der Waals surface area (Å²) in [5.41, 5.74) is 4.33. The van der Waals surface area contributed by atoms with Crippen LogP contribution in [0.5, 0.6) is 0 Å². The van der Waals surface area contributed by atoms with Gasteiger partial charge >= 0.3 is 6.03 Å². The van der Waals surface area contributed by atoms with E-state index in [1.807, 2.05) is 57.9 Å². The highest BCUT2D eigenvalue weighted by Gasteiger charge is 2.18. The second-order valence-corrected chi connectivity index (χ2v) is 8.68. The van der Waals surface area contributed by atoms with Gasteiger partial charge in [-0.2, -0.15) is 0 Å². The van der Waals surface area contributed by atoms with Gasteiger partial charge in [0.2, 0.25) is 0 Å². The number of para-hydroxylation sites is 2.